The standard InChI is InChI=1S/C24H26FN5O3/c25-19-4-1-17(2-5-19)14-24(31)26-9-7-22-27-28-23-8-10-29(11-12-30(22)23)15-18-3-6-20-21(13-18)33-16-32-20/h1-6,13H,7-12,14-16H2,(H,26,31). The van der Waals surface area contributed by atoms with Crippen LogP contribution in [0.5, 0.6) is 11.5 Å². The van der Waals surface area contributed by atoms with E-state index >= 15 is 0 Å². The second-order valence-corrected chi connectivity index (χ2v) is 8.30. The molecule has 3 heterocycles. The summed E-state index contributed by atoms with van der Waals surface area (Å²) in [5.74, 6) is 3.08. The maximum absolute atomic E-state index is 13.0. The van der Waals surface area contributed by atoms with Gasteiger partial charge in [-0.15, -0.1) is 10.2 Å². The van der Waals surface area contributed by atoms with E-state index in [0.29, 0.717) is 13.0 Å². The average Bonchev–Trinajstić information content (AvgIpc) is 3.38. The number of hydrogen-bond acceptors (Lipinski definition) is 6. The largest absolute Gasteiger partial charge is 0.454 e. The number of rotatable bonds is 7. The third-order valence-corrected chi connectivity index (χ3v) is 5.99. The van der Waals surface area contributed by atoms with Crippen molar-refractivity contribution in [3.8, 4) is 11.5 Å². The molecule has 0 radical (unpaired) electrons. The van der Waals surface area contributed by atoms with Crippen molar-refractivity contribution in [2.75, 3.05) is 26.4 Å². The third kappa shape index (κ3) is 5.14. The van der Waals surface area contributed by atoms with Crippen molar-refractivity contribution in [2.45, 2.75) is 32.4 Å². The van der Waals surface area contributed by atoms with Gasteiger partial charge in [0.25, 0.3) is 0 Å². The molecule has 0 saturated carbocycles. The van der Waals surface area contributed by atoms with Crippen molar-refractivity contribution in [1.82, 2.24) is 25.0 Å². The van der Waals surface area contributed by atoms with Gasteiger partial charge < -0.3 is 19.4 Å². The summed E-state index contributed by atoms with van der Waals surface area (Å²) in [6.45, 7) is 4.21. The van der Waals surface area contributed by atoms with Gasteiger partial charge in [0.15, 0.2) is 11.5 Å². The van der Waals surface area contributed by atoms with Crippen LogP contribution in [-0.4, -0.2) is 52.0 Å². The molecular weight excluding hydrogens is 425 g/mol. The number of amides is 1. The second kappa shape index (κ2) is 9.58. The summed E-state index contributed by atoms with van der Waals surface area (Å²) in [5, 5.41) is 11.7. The van der Waals surface area contributed by atoms with Crippen LogP contribution in [0.1, 0.15) is 22.8 Å². The molecular formula is C24H26FN5O3. The molecule has 0 fully saturated rings. The van der Waals surface area contributed by atoms with Crippen LogP contribution in [0.25, 0.3) is 0 Å². The van der Waals surface area contributed by atoms with Crippen LogP contribution in [0.4, 0.5) is 4.39 Å². The van der Waals surface area contributed by atoms with E-state index in [1.807, 2.05) is 12.1 Å². The van der Waals surface area contributed by atoms with Crippen LogP contribution < -0.4 is 14.8 Å². The Kier molecular flexibility index (Phi) is 6.21. The van der Waals surface area contributed by atoms with E-state index in [1.54, 1.807) is 12.1 Å². The SMILES string of the molecule is O=C(Cc1ccc(F)cc1)NCCc1nnc2n1CCN(Cc1ccc3c(c1)OCO3)CC2. The van der Waals surface area contributed by atoms with Crippen molar-refractivity contribution in [3.05, 3.63) is 71.1 Å². The lowest BCUT2D eigenvalue weighted by molar-refractivity contribution is -0.120. The summed E-state index contributed by atoms with van der Waals surface area (Å²) in [7, 11) is 0. The van der Waals surface area contributed by atoms with Gasteiger partial charge in [0.05, 0.1) is 6.42 Å². The molecule has 1 aromatic heterocycles. The minimum atomic E-state index is -0.305. The fourth-order valence-electron chi connectivity index (χ4n) is 4.23. The topological polar surface area (TPSA) is 81.5 Å². The normalized spacial score (nSPS) is 15.2. The van der Waals surface area contributed by atoms with E-state index in [0.717, 1.165) is 61.3 Å². The van der Waals surface area contributed by atoms with E-state index in [2.05, 4.69) is 31.0 Å². The van der Waals surface area contributed by atoms with Crippen LogP contribution in [0.2, 0.25) is 0 Å². The minimum absolute atomic E-state index is 0.0906. The third-order valence-electron chi connectivity index (χ3n) is 5.99. The molecule has 2 aliphatic rings. The highest BCUT2D eigenvalue weighted by atomic mass is 19.1. The van der Waals surface area contributed by atoms with Crippen molar-refractivity contribution in [3.63, 3.8) is 0 Å². The van der Waals surface area contributed by atoms with Gasteiger partial charge in [-0.3, -0.25) is 9.69 Å². The number of nitrogens with one attached hydrogen (secondary N) is 1. The number of halogens is 1. The number of nitrogens with zero attached hydrogens (tertiary/aromatic N) is 4. The molecule has 33 heavy (non-hydrogen) atoms. The zero-order valence-electron chi connectivity index (χ0n) is 18.3. The van der Waals surface area contributed by atoms with Crippen LogP contribution in [-0.2, 0) is 37.1 Å². The summed E-state index contributed by atoms with van der Waals surface area (Å²) in [4.78, 5) is 14.6. The molecule has 0 atom stereocenters. The van der Waals surface area contributed by atoms with Gasteiger partial charge in [0.2, 0.25) is 12.7 Å². The predicted octanol–water partition coefficient (Wildman–Crippen LogP) is 2.11. The molecule has 0 unspecified atom stereocenters. The summed E-state index contributed by atoms with van der Waals surface area (Å²) in [6, 6.07) is 12.1. The number of carbonyl (C=O) groups is 1. The number of ether oxygens (including phenoxy) is 2. The molecule has 0 aliphatic carbocycles. The number of aromatic nitrogens is 3. The van der Waals surface area contributed by atoms with Gasteiger partial charge in [0, 0.05) is 45.6 Å². The number of carbonyl (C=O) groups excluding carboxylic acids is 1. The van der Waals surface area contributed by atoms with Crippen molar-refractivity contribution in [1.29, 1.82) is 0 Å². The second-order valence-electron chi connectivity index (χ2n) is 8.30. The van der Waals surface area contributed by atoms with Gasteiger partial charge in [0.1, 0.15) is 17.5 Å². The highest BCUT2D eigenvalue weighted by molar-refractivity contribution is 5.78. The van der Waals surface area contributed by atoms with Crippen molar-refractivity contribution < 1.29 is 18.7 Å². The van der Waals surface area contributed by atoms with Gasteiger partial charge in [-0.2, -0.15) is 0 Å². The first-order valence-electron chi connectivity index (χ1n) is 11.2. The molecule has 1 amide bonds. The summed E-state index contributed by atoms with van der Waals surface area (Å²) in [5.41, 5.74) is 1.98. The van der Waals surface area contributed by atoms with Gasteiger partial charge in [-0.25, -0.2) is 4.39 Å². The lowest BCUT2D eigenvalue weighted by Crippen LogP contribution is -2.28. The highest BCUT2D eigenvalue weighted by Crippen LogP contribution is 2.32. The summed E-state index contributed by atoms with van der Waals surface area (Å²) in [6.07, 6.45) is 1.67. The molecule has 8 nitrogen and oxygen atoms in total. The molecule has 0 saturated heterocycles. The molecule has 3 aromatic rings. The van der Waals surface area contributed by atoms with Crippen molar-refractivity contribution in [2.24, 2.45) is 0 Å². The fraction of sp³-hybridized carbons (Fsp3) is 0.375. The molecule has 0 spiro atoms. The summed E-state index contributed by atoms with van der Waals surface area (Å²) >= 11 is 0. The first-order chi connectivity index (χ1) is 16.1. The molecule has 9 heteroatoms. The van der Waals surface area contributed by atoms with Crippen LogP contribution in [0.15, 0.2) is 42.5 Å². The predicted molar refractivity (Wildman–Crippen MR) is 118 cm³/mol. The van der Waals surface area contributed by atoms with Gasteiger partial charge in [-0.1, -0.05) is 18.2 Å². The summed E-state index contributed by atoms with van der Waals surface area (Å²) < 4.78 is 26.1. The molecule has 2 aromatic carbocycles. The Balaban J connectivity index is 1.12. The first kappa shape index (κ1) is 21.4. The first-order valence-corrected chi connectivity index (χ1v) is 11.2. The fourth-order valence-corrected chi connectivity index (χ4v) is 4.23. The number of fused-ring (bicyclic) bond motifs is 2. The van der Waals surface area contributed by atoms with E-state index in [-0.39, 0.29) is 24.9 Å². The quantitative estimate of drug-likeness (QED) is 0.593. The number of hydrogen-bond donors (Lipinski definition) is 1. The van der Waals surface area contributed by atoms with E-state index in [9.17, 15) is 9.18 Å². The Bertz CT molecular complexity index is 1130. The van der Waals surface area contributed by atoms with Crippen LogP contribution >= 0.6 is 0 Å². The van der Waals surface area contributed by atoms with Crippen LogP contribution in [0, 0.1) is 5.82 Å². The zero-order valence-corrected chi connectivity index (χ0v) is 18.3. The van der Waals surface area contributed by atoms with E-state index in [4.69, 9.17) is 9.47 Å². The maximum Gasteiger partial charge on any atom is 0.231 e. The average molecular weight is 452 g/mol. The van der Waals surface area contributed by atoms with E-state index < -0.39 is 0 Å². The molecule has 1 N–H and O–H groups in total. The Morgan fingerprint density at radius 3 is 2.70 bits per heavy atom. The number of benzene rings is 2. The Morgan fingerprint density at radius 1 is 1.00 bits per heavy atom. The minimum Gasteiger partial charge on any atom is -0.454 e. The molecule has 172 valence electrons. The highest BCUT2D eigenvalue weighted by Gasteiger charge is 2.20. The zero-order chi connectivity index (χ0) is 22.6. The Morgan fingerprint density at radius 2 is 1.82 bits per heavy atom. The smallest absolute Gasteiger partial charge is 0.231 e. The Hall–Kier alpha value is -3.46. The maximum atomic E-state index is 13.0. The molecule has 2 aliphatic heterocycles. The lowest BCUT2D eigenvalue weighted by atomic mass is 10.1. The van der Waals surface area contributed by atoms with Gasteiger partial charge >= 0.3 is 0 Å². The van der Waals surface area contributed by atoms with Crippen molar-refractivity contribution >= 4 is 5.91 Å². The lowest BCUT2D eigenvalue weighted by Gasteiger charge is -2.19. The van der Waals surface area contributed by atoms with Crippen LogP contribution in [0.3, 0.4) is 0 Å². The molecule has 5 rings (SSSR count). The Labute approximate surface area is 191 Å². The van der Waals surface area contributed by atoms with Gasteiger partial charge in [-0.05, 0) is 35.4 Å². The molecule has 0 bridgehead atoms. The van der Waals surface area contributed by atoms with E-state index in [1.165, 1.54) is 17.7 Å². The monoisotopic (exact) mass is 451 g/mol.